The Morgan fingerprint density at radius 1 is 1.40 bits per heavy atom. The number of likely N-dealkylation sites (N-methyl/N-ethyl adjacent to an activating group) is 1. The van der Waals surface area contributed by atoms with Crippen molar-refractivity contribution < 1.29 is 8.42 Å². The third-order valence-corrected chi connectivity index (χ3v) is 7.62. The highest BCUT2D eigenvalue weighted by atomic mass is 32.2. The molecule has 3 rings (SSSR count). The highest BCUT2D eigenvalue weighted by molar-refractivity contribution is 7.91. The summed E-state index contributed by atoms with van der Waals surface area (Å²) in [4.78, 5) is 16.9. The predicted octanol–water partition coefficient (Wildman–Crippen LogP) is 1.51. The molecule has 0 unspecified atom stereocenters. The Morgan fingerprint density at radius 2 is 2.20 bits per heavy atom. The van der Waals surface area contributed by atoms with E-state index in [4.69, 9.17) is 0 Å². The van der Waals surface area contributed by atoms with Gasteiger partial charge in [-0.15, -0.1) is 16.4 Å². The monoisotopic (exact) mass is 399 g/mol. The molecule has 3 aromatic rings. The van der Waals surface area contributed by atoms with Gasteiger partial charge in [0.15, 0.2) is 0 Å². The van der Waals surface area contributed by atoms with Crippen molar-refractivity contribution in [3.8, 4) is 0 Å². The molecular weight excluding hydrogens is 382 g/mol. The van der Waals surface area contributed by atoms with Gasteiger partial charge in [-0.1, -0.05) is 24.3 Å². The van der Waals surface area contributed by atoms with E-state index in [1.807, 2.05) is 6.92 Å². The standard InChI is InChI=1S/C14H17N5O3S3/c1-3-10-9-11(20)19-14(16-10)24-13(17-19)15-6-7-18(2)25(21,22)12-5-4-8-23-12/h4-5,8-9H,3,6-7H2,1-2H3,(H,15,17). The molecule has 25 heavy (non-hydrogen) atoms. The van der Waals surface area contributed by atoms with Crippen LogP contribution in [0.25, 0.3) is 4.96 Å². The van der Waals surface area contributed by atoms with Crippen molar-refractivity contribution in [1.29, 1.82) is 0 Å². The average Bonchev–Trinajstić information content (AvgIpc) is 3.24. The first-order chi connectivity index (χ1) is 11.9. The van der Waals surface area contributed by atoms with E-state index in [1.54, 1.807) is 17.5 Å². The summed E-state index contributed by atoms with van der Waals surface area (Å²) in [6, 6.07) is 4.76. The summed E-state index contributed by atoms with van der Waals surface area (Å²) < 4.78 is 27.5. The maximum Gasteiger partial charge on any atom is 0.275 e. The number of thiophene rings is 1. The van der Waals surface area contributed by atoms with Crippen LogP contribution in [0.2, 0.25) is 0 Å². The second kappa shape index (κ2) is 7.20. The Labute approximate surface area is 152 Å². The smallest absolute Gasteiger partial charge is 0.275 e. The number of rotatable bonds is 7. The topological polar surface area (TPSA) is 96.7 Å². The van der Waals surface area contributed by atoms with Crippen LogP contribution in [-0.2, 0) is 16.4 Å². The van der Waals surface area contributed by atoms with Gasteiger partial charge in [-0.3, -0.25) is 4.79 Å². The fourth-order valence-electron chi connectivity index (χ4n) is 2.11. The molecule has 0 aliphatic carbocycles. The van der Waals surface area contributed by atoms with E-state index in [9.17, 15) is 13.2 Å². The van der Waals surface area contributed by atoms with Gasteiger partial charge in [-0.25, -0.2) is 13.4 Å². The molecule has 1 N–H and O–H groups in total. The minimum absolute atomic E-state index is 0.219. The highest BCUT2D eigenvalue weighted by Crippen LogP contribution is 2.20. The van der Waals surface area contributed by atoms with Crippen molar-refractivity contribution in [3.05, 3.63) is 39.6 Å². The van der Waals surface area contributed by atoms with Gasteiger partial charge in [0.1, 0.15) is 4.21 Å². The van der Waals surface area contributed by atoms with Gasteiger partial charge in [0.2, 0.25) is 10.1 Å². The summed E-state index contributed by atoms with van der Waals surface area (Å²) in [5.74, 6) is 0. The van der Waals surface area contributed by atoms with Crippen LogP contribution in [0.15, 0.2) is 32.6 Å². The molecule has 0 aromatic carbocycles. The van der Waals surface area contributed by atoms with Gasteiger partial charge in [-0.2, -0.15) is 8.82 Å². The summed E-state index contributed by atoms with van der Waals surface area (Å²) in [5.41, 5.74) is 0.505. The zero-order chi connectivity index (χ0) is 18.0. The summed E-state index contributed by atoms with van der Waals surface area (Å²) >= 11 is 2.45. The van der Waals surface area contributed by atoms with E-state index in [2.05, 4.69) is 15.4 Å². The molecule has 134 valence electrons. The fourth-order valence-corrected chi connectivity index (χ4v) is 5.34. The highest BCUT2D eigenvalue weighted by Gasteiger charge is 2.21. The molecule has 3 heterocycles. The number of nitrogens with zero attached hydrogens (tertiary/aromatic N) is 4. The lowest BCUT2D eigenvalue weighted by atomic mass is 10.3. The molecule has 0 aliphatic heterocycles. The summed E-state index contributed by atoms with van der Waals surface area (Å²) in [5, 5.41) is 9.49. The maximum atomic E-state index is 12.3. The molecule has 0 fully saturated rings. The number of aromatic nitrogens is 3. The molecule has 11 heteroatoms. The molecule has 0 atom stereocenters. The van der Waals surface area contributed by atoms with Crippen molar-refractivity contribution in [3.63, 3.8) is 0 Å². The van der Waals surface area contributed by atoms with Crippen LogP contribution in [-0.4, -0.2) is 47.5 Å². The Hall–Kier alpha value is -1.82. The largest absolute Gasteiger partial charge is 0.359 e. The normalized spacial score (nSPS) is 12.1. The first-order valence-electron chi connectivity index (χ1n) is 7.55. The summed E-state index contributed by atoms with van der Waals surface area (Å²) in [6.45, 7) is 2.58. The van der Waals surface area contributed by atoms with Gasteiger partial charge in [-0.05, 0) is 17.9 Å². The van der Waals surface area contributed by atoms with Crippen LogP contribution >= 0.6 is 22.7 Å². The Balaban J connectivity index is 1.67. The van der Waals surface area contributed by atoms with Crippen molar-refractivity contribution in [1.82, 2.24) is 18.9 Å². The van der Waals surface area contributed by atoms with E-state index in [-0.39, 0.29) is 12.1 Å². The zero-order valence-electron chi connectivity index (χ0n) is 13.7. The molecule has 0 saturated heterocycles. The van der Waals surface area contributed by atoms with E-state index in [1.165, 1.54) is 44.6 Å². The molecule has 0 saturated carbocycles. The lowest BCUT2D eigenvalue weighted by molar-refractivity contribution is 0.482. The number of nitrogens with one attached hydrogen (secondary N) is 1. The minimum Gasteiger partial charge on any atom is -0.359 e. The number of hydrogen-bond donors (Lipinski definition) is 1. The lowest BCUT2D eigenvalue weighted by Crippen LogP contribution is -2.31. The van der Waals surface area contributed by atoms with Gasteiger partial charge in [0.25, 0.3) is 15.6 Å². The van der Waals surface area contributed by atoms with Crippen LogP contribution in [0.3, 0.4) is 0 Å². The molecule has 0 amide bonds. The van der Waals surface area contributed by atoms with Crippen LogP contribution in [0, 0.1) is 0 Å². The molecule has 3 aromatic heterocycles. The van der Waals surface area contributed by atoms with Crippen LogP contribution in [0.5, 0.6) is 0 Å². The quantitative estimate of drug-likeness (QED) is 0.647. The summed E-state index contributed by atoms with van der Waals surface area (Å²) in [7, 11) is -1.93. The Kier molecular flexibility index (Phi) is 5.18. The number of aryl methyl sites for hydroxylation is 1. The van der Waals surface area contributed by atoms with Crippen molar-refractivity contribution in [2.45, 2.75) is 17.6 Å². The number of hydrogen-bond acceptors (Lipinski definition) is 8. The number of sulfonamides is 1. The van der Waals surface area contributed by atoms with Crippen LogP contribution in [0.4, 0.5) is 5.13 Å². The number of fused-ring (bicyclic) bond motifs is 1. The fraction of sp³-hybridized carbons (Fsp3) is 0.357. The minimum atomic E-state index is -3.46. The van der Waals surface area contributed by atoms with E-state index >= 15 is 0 Å². The molecular formula is C14H17N5O3S3. The Bertz CT molecular complexity index is 1020. The maximum absolute atomic E-state index is 12.3. The van der Waals surface area contributed by atoms with Gasteiger partial charge in [0.05, 0.1) is 0 Å². The molecule has 0 radical (unpaired) electrons. The lowest BCUT2D eigenvalue weighted by Gasteiger charge is -2.15. The van der Waals surface area contributed by atoms with Crippen LogP contribution < -0.4 is 10.9 Å². The molecule has 0 bridgehead atoms. The SMILES string of the molecule is CCc1cc(=O)n2nc(NCCN(C)S(=O)(=O)c3cccs3)sc2n1. The zero-order valence-corrected chi connectivity index (χ0v) is 16.1. The van der Waals surface area contributed by atoms with Crippen LogP contribution in [0.1, 0.15) is 12.6 Å². The van der Waals surface area contributed by atoms with Crippen molar-refractivity contribution >= 4 is 42.8 Å². The van der Waals surface area contributed by atoms with Crippen molar-refractivity contribution in [2.75, 3.05) is 25.5 Å². The Morgan fingerprint density at radius 3 is 2.88 bits per heavy atom. The van der Waals surface area contributed by atoms with Gasteiger partial charge < -0.3 is 5.32 Å². The first-order valence-corrected chi connectivity index (χ1v) is 10.7. The average molecular weight is 400 g/mol. The third kappa shape index (κ3) is 3.73. The predicted molar refractivity (Wildman–Crippen MR) is 99.1 cm³/mol. The summed E-state index contributed by atoms with van der Waals surface area (Å²) in [6.07, 6.45) is 0.678. The van der Waals surface area contributed by atoms with E-state index in [0.29, 0.717) is 27.3 Å². The first kappa shape index (κ1) is 18.0. The van der Waals surface area contributed by atoms with E-state index in [0.717, 1.165) is 5.69 Å². The molecule has 0 aliphatic rings. The van der Waals surface area contributed by atoms with Gasteiger partial charge in [0, 0.05) is 31.9 Å². The van der Waals surface area contributed by atoms with Crippen molar-refractivity contribution in [2.24, 2.45) is 0 Å². The number of anilines is 1. The third-order valence-electron chi connectivity index (χ3n) is 3.52. The molecule has 8 nitrogen and oxygen atoms in total. The molecule has 0 spiro atoms. The second-order valence-corrected chi connectivity index (χ2v) is 9.40. The second-order valence-electron chi connectivity index (χ2n) is 5.23. The van der Waals surface area contributed by atoms with Gasteiger partial charge >= 0.3 is 0 Å². The van der Waals surface area contributed by atoms with E-state index < -0.39 is 10.0 Å².